The molecule has 0 aromatic heterocycles. The summed E-state index contributed by atoms with van der Waals surface area (Å²) in [6, 6.07) is -0.651. The third-order valence-corrected chi connectivity index (χ3v) is 1.02. The zero-order chi connectivity index (χ0) is 8.69. The van der Waals surface area contributed by atoms with E-state index in [-0.39, 0.29) is 0 Å². The van der Waals surface area contributed by atoms with Crippen LogP contribution in [0.15, 0.2) is 5.10 Å². The number of hydrogen-bond donors (Lipinski definition) is 2. The molecule has 0 atom stereocenters. The molecule has 0 aliphatic rings. The summed E-state index contributed by atoms with van der Waals surface area (Å²) in [7, 11) is 1.61. The van der Waals surface area contributed by atoms with Crippen LogP contribution < -0.4 is 11.2 Å². The molecule has 0 unspecified atom stereocenters. The van der Waals surface area contributed by atoms with E-state index in [0.29, 0.717) is 13.0 Å². The molecule has 64 valence electrons. The van der Waals surface area contributed by atoms with Crippen LogP contribution in [0, 0.1) is 0 Å². The fourth-order valence-corrected chi connectivity index (χ4v) is 0.456. The fourth-order valence-electron chi connectivity index (χ4n) is 0.456. The van der Waals surface area contributed by atoms with Crippen molar-refractivity contribution in [3.63, 3.8) is 0 Å². The number of nitrogens with two attached hydrogens (primary N) is 1. The smallest absolute Gasteiger partial charge is 0.332 e. The van der Waals surface area contributed by atoms with Crippen LogP contribution in [0.2, 0.25) is 0 Å². The van der Waals surface area contributed by atoms with E-state index in [1.54, 1.807) is 14.0 Å². The maximum Gasteiger partial charge on any atom is 0.332 e. The number of urea groups is 1. The Morgan fingerprint density at radius 3 is 2.82 bits per heavy atom. The SMILES string of the molecule is COCCC(C)=NNC(N)=O. The Bertz CT molecular complexity index is 156. The number of nitrogens with zero attached hydrogens (tertiary/aromatic N) is 1. The average Bonchev–Trinajstić information content (AvgIpc) is 1.97. The van der Waals surface area contributed by atoms with Crippen molar-refractivity contribution in [2.24, 2.45) is 10.8 Å². The highest BCUT2D eigenvalue weighted by Crippen LogP contribution is 1.84. The summed E-state index contributed by atoms with van der Waals surface area (Å²) >= 11 is 0. The summed E-state index contributed by atoms with van der Waals surface area (Å²) in [4.78, 5) is 10.2. The van der Waals surface area contributed by atoms with Crippen molar-refractivity contribution in [2.45, 2.75) is 13.3 Å². The lowest BCUT2D eigenvalue weighted by molar-refractivity contribution is 0.207. The molecule has 0 aliphatic carbocycles. The Balaban J connectivity index is 3.54. The molecule has 5 heteroatoms. The summed E-state index contributed by atoms with van der Waals surface area (Å²) in [5.41, 5.74) is 7.69. The van der Waals surface area contributed by atoms with Gasteiger partial charge < -0.3 is 10.5 Å². The minimum absolute atomic E-state index is 0.593. The van der Waals surface area contributed by atoms with Gasteiger partial charge in [0.15, 0.2) is 0 Å². The fraction of sp³-hybridized carbons (Fsp3) is 0.667. The normalized spacial score (nSPS) is 11.3. The van der Waals surface area contributed by atoms with Crippen LogP contribution in [-0.4, -0.2) is 25.5 Å². The van der Waals surface area contributed by atoms with Crippen LogP contribution in [0.4, 0.5) is 4.79 Å². The van der Waals surface area contributed by atoms with E-state index < -0.39 is 6.03 Å². The molecule has 0 rings (SSSR count). The standard InChI is InChI=1S/C6H13N3O2/c1-5(3-4-11-2)8-9-6(7)10/h3-4H2,1-2H3,(H3,7,9,10). The van der Waals surface area contributed by atoms with E-state index in [0.717, 1.165) is 5.71 Å². The highest BCUT2D eigenvalue weighted by atomic mass is 16.5. The molecule has 0 aromatic rings. The Kier molecular flexibility index (Phi) is 5.10. The van der Waals surface area contributed by atoms with Crippen molar-refractivity contribution in [1.82, 2.24) is 5.43 Å². The first kappa shape index (κ1) is 9.90. The molecule has 0 spiro atoms. The summed E-state index contributed by atoms with van der Waals surface area (Å²) < 4.78 is 4.79. The molecule has 0 heterocycles. The molecule has 0 aromatic carbocycles. The van der Waals surface area contributed by atoms with E-state index in [4.69, 9.17) is 10.5 Å². The zero-order valence-corrected chi connectivity index (χ0v) is 6.76. The second-order valence-electron chi connectivity index (χ2n) is 2.07. The molecule has 0 saturated heterocycles. The van der Waals surface area contributed by atoms with Crippen molar-refractivity contribution >= 4 is 11.7 Å². The van der Waals surface area contributed by atoms with E-state index in [2.05, 4.69) is 10.5 Å². The summed E-state index contributed by atoms with van der Waals surface area (Å²) in [6.07, 6.45) is 0.691. The predicted molar refractivity (Wildman–Crippen MR) is 42.3 cm³/mol. The molecular weight excluding hydrogens is 146 g/mol. The molecule has 0 fully saturated rings. The van der Waals surface area contributed by atoms with Gasteiger partial charge in [-0.15, -0.1) is 0 Å². The van der Waals surface area contributed by atoms with Crippen molar-refractivity contribution < 1.29 is 9.53 Å². The molecule has 0 saturated carbocycles. The largest absolute Gasteiger partial charge is 0.384 e. The molecular formula is C6H13N3O2. The molecule has 3 N–H and O–H groups in total. The van der Waals surface area contributed by atoms with Crippen LogP contribution in [0.5, 0.6) is 0 Å². The van der Waals surface area contributed by atoms with Gasteiger partial charge in [0.2, 0.25) is 0 Å². The number of hydrogen-bond acceptors (Lipinski definition) is 3. The monoisotopic (exact) mass is 159 g/mol. The number of carbonyl (C=O) groups excluding carboxylic acids is 1. The topological polar surface area (TPSA) is 76.7 Å². The van der Waals surface area contributed by atoms with Gasteiger partial charge in [-0.25, -0.2) is 10.2 Å². The van der Waals surface area contributed by atoms with E-state index in [9.17, 15) is 4.79 Å². The number of methoxy groups -OCH3 is 1. The number of rotatable bonds is 4. The number of primary amides is 1. The maximum absolute atomic E-state index is 10.2. The van der Waals surface area contributed by atoms with Gasteiger partial charge in [0.25, 0.3) is 0 Å². The van der Waals surface area contributed by atoms with Gasteiger partial charge in [0.05, 0.1) is 6.61 Å². The number of nitrogens with one attached hydrogen (secondary N) is 1. The van der Waals surface area contributed by atoms with Gasteiger partial charge in [-0.05, 0) is 6.92 Å². The predicted octanol–water partition coefficient (Wildman–Crippen LogP) is 0.0671. The number of ether oxygens (including phenoxy) is 1. The first-order valence-corrected chi connectivity index (χ1v) is 3.24. The molecule has 5 nitrogen and oxygen atoms in total. The first-order chi connectivity index (χ1) is 5.16. The van der Waals surface area contributed by atoms with Crippen LogP contribution >= 0.6 is 0 Å². The van der Waals surface area contributed by atoms with E-state index >= 15 is 0 Å². The second kappa shape index (κ2) is 5.67. The number of amides is 2. The van der Waals surface area contributed by atoms with Crippen molar-refractivity contribution in [3.05, 3.63) is 0 Å². The van der Waals surface area contributed by atoms with Gasteiger partial charge in [-0.1, -0.05) is 0 Å². The zero-order valence-electron chi connectivity index (χ0n) is 6.76. The second-order valence-corrected chi connectivity index (χ2v) is 2.07. The summed E-state index contributed by atoms with van der Waals surface area (Å²) in [5, 5.41) is 3.67. The van der Waals surface area contributed by atoms with Crippen molar-refractivity contribution in [1.29, 1.82) is 0 Å². The van der Waals surface area contributed by atoms with Gasteiger partial charge in [0, 0.05) is 19.2 Å². The highest BCUT2D eigenvalue weighted by molar-refractivity contribution is 5.83. The van der Waals surface area contributed by atoms with Gasteiger partial charge >= 0.3 is 6.03 Å². The van der Waals surface area contributed by atoms with Gasteiger partial charge in [0.1, 0.15) is 0 Å². The maximum atomic E-state index is 10.2. The minimum atomic E-state index is -0.651. The lowest BCUT2D eigenvalue weighted by Crippen LogP contribution is -2.25. The third kappa shape index (κ3) is 6.79. The molecule has 11 heavy (non-hydrogen) atoms. The lowest BCUT2D eigenvalue weighted by atomic mass is 10.3. The Hall–Kier alpha value is -1.10. The lowest BCUT2D eigenvalue weighted by Gasteiger charge is -1.98. The van der Waals surface area contributed by atoms with E-state index in [1.807, 2.05) is 0 Å². The average molecular weight is 159 g/mol. The molecule has 0 bridgehead atoms. The first-order valence-electron chi connectivity index (χ1n) is 3.24. The number of hydrazone groups is 1. The quantitative estimate of drug-likeness (QED) is 0.449. The van der Waals surface area contributed by atoms with Crippen LogP contribution in [0.1, 0.15) is 13.3 Å². The van der Waals surface area contributed by atoms with E-state index in [1.165, 1.54) is 0 Å². The van der Waals surface area contributed by atoms with Crippen LogP contribution in [0.3, 0.4) is 0 Å². The van der Waals surface area contributed by atoms with Crippen LogP contribution in [0.25, 0.3) is 0 Å². The van der Waals surface area contributed by atoms with Crippen LogP contribution in [-0.2, 0) is 4.74 Å². The summed E-state index contributed by atoms with van der Waals surface area (Å²) in [6.45, 7) is 2.38. The molecule has 2 amide bonds. The minimum Gasteiger partial charge on any atom is -0.384 e. The van der Waals surface area contributed by atoms with Crippen molar-refractivity contribution in [2.75, 3.05) is 13.7 Å². The van der Waals surface area contributed by atoms with Gasteiger partial charge in [-0.2, -0.15) is 5.10 Å². The summed E-state index contributed by atoms with van der Waals surface area (Å²) in [5.74, 6) is 0. The Morgan fingerprint density at radius 1 is 1.73 bits per heavy atom. The molecule has 0 aliphatic heterocycles. The molecule has 0 radical (unpaired) electrons. The van der Waals surface area contributed by atoms with Crippen molar-refractivity contribution in [3.8, 4) is 0 Å². The highest BCUT2D eigenvalue weighted by Gasteiger charge is 1.91. The third-order valence-electron chi connectivity index (χ3n) is 1.02. The Labute approximate surface area is 65.6 Å². The Morgan fingerprint density at radius 2 is 2.36 bits per heavy atom. The van der Waals surface area contributed by atoms with Gasteiger partial charge in [-0.3, -0.25) is 0 Å². The number of carbonyl (C=O) groups is 1.